The van der Waals surface area contributed by atoms with E-state index in [9.17, 15) is 0 Å². The second-order valence-corrected chi connectivity index (χ2v) is 15.2. The largest absolute Gasteiger partial charge is 0.299 e. The number of imidazole rings is 1. The van der Waals surface area contributed by atoms with E-state index in [-0.39, 0.29) is 5.41 Å². The predicted molar refractivity (Wildman–Crippen MR) is 227 cm³/mol. The van der Waals surface area contributed by atoms with Crippen LogP contribution in [0.15, 0.2) is 182 Å². The van der Waals surface area contributed by atoms with Gasteiger partial charge in [-0.15, -0.1) is 0 Å². The van der Waals surface area contributed by atoms with E-state index in [0.717, 1.165) is 28.2 Å². The topological polar surface area (TPSA) is 17.3 Å². The first kappa shape index (κ1) is 30.8. The molecule has 0 spiro atoms. The van der Waals surface area contributed by atoms with Gasteiger partial charge in [-0.25, -0.2) is 4.98 Å². The summed E-state index contributed by atoms with van der Waals surface area (Å²) in [5, 5.41) is 7.58. The van der Waals surface area contributed by atoms with E-state index in [1.807, 2.05) is 0 Å². The molecule has 0 fully saturated rings. The Bertz CT molecular complexity index is 3110. The van der Waals surface area contributed by atoms with Crippen LogP contribution in [0.4, 0.5) is 0 Å². The van der Waals surface area contributed by atoms with Gasteiger partial charge in [0.25, 0.3) is 0 Å². The third-order valence-electron chi connectivity index (χ3n) is 11.8. The van der Waals surface area contributed by atoms with Crippen molar-refractivity contribution in [3.63, 3.8) is 0 Å². The molecule has 2 nitrogen and oxygen atoms in total. The molecule has 0 unspecified atom stereocenters. The van der Waals surface area contributed by atoms with Crippen molar-refractivity contribution < 1.29 is 0 Å². The van der Waals surface area contributed by atoms with Crippen LogP contribution in [0.2, 0.25) is 0 Å². The summed E-state index contributed by atoms with van der Waals surface area (Å²) >= 11 is 0. The highest BCUT2D eigenvalue weighted by atomic mass is 15.0. The number of aromatic nitrogens is 2. The maximum Gasteiger partial charge on any atom is 0.137 e. The summed E-state index contributed by atoms with van der Waals surface area (Å²) in [7, 11) is 0. The average molecular weight is 689 g/mol. The molecule has 2 aromatic heterocycles. The lowest BCUT2D eigenvalue weighted by atomic mass is 9.79. The van der Waals surface area contributed by atoms with Crippen LogP contribution in [-0.2, 0) is 5.41 Å². The van der Waals surface area contributed by atoms with Gasteiger partial charge in [-0.2, -0.15) is 0 Å². The molecule has 8 aromatic carbocycles. The van der Waals surface area contributed by atoms with Gasteiger partial charge in [0.1, 0.15) is 5.65 Å². The molecule has 0 bridgehead atoms. The summed E-state index contributed by atoms with van der Waals surface area (Å²) in [4.78, 5) is 5.17. The molecule has 1 aliphatic carbocycles. The third-order valence-corrected chi connectivity index (χ3v) is 11.8. The lowest BCUT2D eigenvalue weighted by Crippen LogP contribution is -2.14. The zero-order valence-electron chi connectivity index (χ0n) is 30.2. The maximum absolute atomic E-state index is 5.17. The fourth-order valence-electron chi connectivity index (χ4n) is 9.20. The van der Waals surface area contributed by atoms with Crippen molar-refractivity contribution in [3.05, 3.63) is 193 Å². The molecule has 2 heteroatoms. The maximum atomic E-state index is 5.17. The Morgan fingerprint density at radius 3 is 1.87 bits per heavy atom. The lowest BCUT2D eigenvalue weighted by molar-refractivity contribution is 0.661. The number of hydrogen-bond acceptors (Lipinski definition) is 1. The molecule has 0 saturated heterocycles. The molecule has 1 aliphatic rings. The molecular weight excluding hydrogens is 653 g/mol. The van der Waals surface area contributed by atoms with Gasteiger partial charge in [-0.1, -0.05) is 159 Å². The molecule has 254 valence electrons. The van der Waals surface area contributed by atoms with Gasteiger partial charge in [-0.3, -0.25) is 4.40 Å². The number of benzene rings is 8. The van der Waals surface area contributed by atoms with Crippen LogP contribution < -0.4 is 0 Å². The Morgan fingerprint density at radius 1 is 0.426 bits per heavy atom. The molecule has 0 amide bonds. The van der Waals surface area contributed by atoms with Gasteiger partial charge in [0, 0.05) is 22.7 Å². The summed E-state index contributed by atoms with van der Waals surface area (Å²) in [5.41, 5.74) is 15.6. The summed E-state index contributed by atoms with van der Waals surface area (Å²) in [6.07, 6.45) is 2.11. The molecular formula is C52H36N2. The highest BCUT2D eigenvalue weighted by Gasteiger charge is 2.36. The van der Waals surface area contributed by atoms with E-state index >= 15 is 0 Å². The Balaban J connectivity index is 1.19. The van der Waals surface area contributed by atoms with Crippen LogP contribution in [-0.4, -0.2) is 9.38 Å². The van der Waals surface area contributed by atoms with E-state index in [2.05, 4.69) is 200 Å². The normalized spacial score (nSPS) is 13.1. The van der Waals surface area contributed by atoms with Crippen molar-refractivity contribution in [3.8, 4) is 55.9 Å². The van der Waals surface area contributed by atoms with Crippen molar-refractivity contribution in [1.82, 2.24) is 9.38 Å². The van der Waals surface area contributed by atoms with Gasteiger partial charge < -0.3 is 0 Å². The van der Waals surface area contributed by atoms with E-state index in [1.54, 1.807) is 0 Å². The molecule has 0 saturated carbocycles. The van der Waals surface area contributed by atoms with Gasteiger partial charge in [0.2, 0.25) is 0 Å². The van der Waals surface area contributed by atoms with Crippen LogP contribution in [0, 0.1) is 0 Å². The van der Waals surface area contributed by atoms with Crippen molar-refractivity contribution in [2.75, 3.05) is 0 Å². The van der Waals surface area contributed by atoms with E-state index in [4.69, 9.17) is 4.98 Å². The van der Waals surface area contributed by atoms with Crippen LogP contribution in [0.1, 0.15) is 25.0 Å². The zero-order valence-corrected chi connectivity index (χ0v) is 30.2. The van der Waals surface area contributed by atoms with Crippen molar-refractivity contribution in [2.45, 2.75) is 19.3 Å². The smallest absolute Gasteiger partial charge is 0.137 e. The summed E-state index contributed by atoms with van der Waals surface area (Å²) in [5.74, 6) is 0. The summed E-state index contributed by atoms with van der Waals surface area (Å²) < 4.78 is 2.20. The number of fused-ring (bicyclic) bond motifs is 7. The van der Waals surface area contributed by atoms with Crippen LogP contribution in [0.25, 0.3) is 93.9 Å². The number of rotatable bonds is 4. The Labute approximate surface area is 314 Å². The fourth-order valence-corrected chi connectivity index (χ4v) is 9.20. The standard InChI is InChI=1S/C52H36N2/c1-52(2)45-21-11-10-18-39(45)42-31-43-44(32-46(42)52)48(40-19-8-9-20-41(40)49(43)38-28-23-33-14-6-7-17-37(33)30-38)34-24-26-35(27-25-34)50-51(36-15-4-3-5-16-36)54-29-13-12-22-47(54)53-50/h3-32H,1-2H3. The van der Waals surface area contributed by atoms with E-state index < -0.39 is 0 Å². The molecule has 10 aromatic rings. The van der Waals surface area contributed by atoms with E-state index in [1.165, 1.54) is 76.8 Å². The third kappa shape index (κ3) is 4.50. The van der Waals surface area contributed by atoms with Crippen LogP contribution in [0.3, 0.4) is 0 Å². The van der Waals surface area contributed by atoms with Gasteiger partial charge >= 0.3 is 0 Å². The molecule has 0 aliphatic heterocycles. The van der Waals surface area contributed by atoms with Crippen LogP contribution >= 0.6 is 0 Å². The first-order valence-electron chi connectivity index (χ1n) is 18.8. The summed E-state index contributed by atoms with van der Waals surface area (Å²) in [6.45, 7) is 4.75. The summed E-state index contributed by atoms with van der Waals surface area (Å²) in [6, 6.07) is 64.5. The second kappa shape index (κ2) is 11.6. The van der Waals surface area contributed by atoms with Gasteiger partial charge in [-0.05, 0) is 107 Å². The quantitative estimate of drug-likeness (QED) is 0.168. The highest BCUT2D eigenvalue weighted by Crippen LogP contribution is 2.53. The first-order chi connectivity index (χ1) is 26.5. The van der Waals surface area contributed by atoms with Gasteiger partial charge in [0.15, 0.2) is 0 Å². The molecule has 0 radical (unpaired) electrons. The Hall–Kier alpha value is -6.77. The minimum atomic E-state index is -0.118. The second-order valence-electron chi connectivity index (χ2n) is 15.2. The number of nitrogens with zero attached hydrogens (tertiary/aromatic N) is 2. The highest BCUT2D eigenvalue weighted by molar-refractivity contribution is 6.23. The Morgan fingerprint density at radius 2 is 1.06 bits per heavy atom. The predicted octanol–water partition coefficient (Wildman–Crippen LogP) is 13.8. The van der Waals surface area contributed by atoms with Crippen molar-refractivity contribution in [2.24, 2.45) is 0 Å². The average Bonchev–Trinajstić information content (AvgIpc) is 3.72. The van der Waals surface area contributed by atoms with Crippen LogP contribution in [0.5, 0.6) is 0 Å². The minimum absolute atomic E-state index is 0.118. The number of pyridine rings is 1. The van der Waals surface area contributed by atoms with Gasteiger partial charge in [0.05, 0.1) is 11.4 Å². The Kier molecular flexibility index (Phi) is 6.63. The molecule has 11 rings (SSSR count). The fraction of sp³-hybridized carbons (Fsp3) is 0.0577. The SMILES string of the molecule is CC1(C)c2ccccc2-c2cc3c(-c4ccc5ccccc5c4)c4ccccc4c(-c4ccc(-c5nc6ccccn6c5-c5ccccc5)cc4)c3cc21. The van der Waals surface area contributed by atoms with Crippen molar-refractivity contribution in [1.29, 1.82) is 0 Å². The molecule has 2 heterocycles. The zero-order chi connectivity index (χ0) is 36.0. The minimum Gasteiger partial charge on any atom is -0.299 e. The van der Waals surface area contributed by atoms with Crippen molar-refractivity contribution >= 4 is 38.0 Å². The molecule has 0 atom stereocenters. The monoisotopic (exact) mass is 688 g/mol. The first-order valence-corrected chi connectivity index (χ1v) is 18.8. The lowest BCUT2D eigenvalue weighted by Gasteiger charge is -2.24. The number of hydrogen-bond donors (Lipinski definition) is 0. The molecule has 0 N–H and O–H groups in total. The molecule has 54 heavy (non-hydrogen) atoms. The van der Waals surface area contributed by atoms with E-state index in [0.29, 0.717) is 0 Å².